The molecule has 6 nitrogen and oxygen atoms in total. The van der Waals surface area contributed by atoms with Crippen molar-refractivity contribution in [1.29, 1.82) is 0 Å². The molecule has 1 N–H and O–H groups in total. The lowest BCUT2D eigenvalue weighted by atomic mass is 10.3. The van der Waals surface area contributed by atoms with E-state index in [1.54, 1.807) is 24.3 Å². The zero-order valence-corrected chi connectivity index (χ0v) is 10.6. The Morgan fingerprint density at radius 1 is 1.30 bits per heavy atom. The number of halogens is 2. The number of rotatable bonds is 3. The van der Waals surface area contributed by atoms with Crippen molar-refractivity contribution < 1.29 is 13.6 Å². The summed E-state index contributed by atoms with van der Waals surface area (Å²) in [6, 6.07) is 7.07. The van der Waals surface area contributed by atoms with Crippen LogP contribution in [0.3, 0.4) is 0 Å². The molecule has 2 aromatic rings. The number of hydrazine groups is 1. The largest absolute Gasteiger partial charge is 0.352 e. The zero-order valence-electron chi connectivity index (χ0n) is 10.6. The van der Waals surface area contributed by atoms with Gasteiger partial charge in [0.15, 0.2) is 0 Å². The minimum absolute atomic E-state index is 0.370. The number of benzene rings is 1. The Kier molecular flexibility index (Phi) is 2.85. The molecule has 20 heavy (non-hydrogen) atoms. The van der Waals surface area contributed by atoms with Crippen molar-refractivity contribution in [2.24, 2.45) is 0 Å². The molecule has 0 unspecified atom stereocenters. The first-order valence-corrected chi connectivity index (χ1v) is 6.06. The molecule has 0 bridgehead atoms. The van der Waals surface area contributed by atoms with Gasteiger partial charge in [0.2, 0.25) is 5.76 Å². The number of hydrogen-bond donors (Lipinski definition) is 1. The predicted octanol–water partition coefficient (Wildman–Crippen LogP) is 1.32. The van der Waals surface area contributed by atoms with Crippen LogP contribution >= 0.6 is 0 Å². The molecule has 0 saturated heterocycles. The van der Waals surface area contributed by atoms with Gasteiger partial charge in [-0.2, -0.15) is 4.68 Å². The molecular weight excluding hydrogens is 270 g/mol. The van der Waals surface area contributed by atoms with Crippen molar-refractivity contribution in [3.8, 4) is 0 Å². The summed E-state index contributed by atoms with van der Waals surface area (Å²) in [7, 11) is 0. The summed E-state index contributed by atoms with van der Waals surface area (Å²) in [5, 5.41) is 0.901. The first-order valence-electron chi connectivity index (χ1n) is 6.06. The molecule has 1 aromatic heterocycles. The third-order valence-electron chi connectivity index (χ3n) is 3.03. The van der Waals surface area contributed by atoms with Crippen LogP contribution in [0, 0.1) is 0 Å². The maximum absolute atomic E-state index is 12.6. The summed E-state index contributed by atoms with van der Waals surface area (Å²) in [6.45, 7) is 2.30. The van der Waals surface area contributed by atoms with Gasteiger partial charge in [-0.25, -0.2) is 13.6 Å². The zero-order chi connectivity index (χ0) is 14.3. The van der Waals surface area contributed by atoms with Crippen molar-refractivity contribution >= 4 is 11.0 Å². The second kappa shape index (κ2) is 4.55. The highest BCUT2D eigenvalue weighted by Crippen LogP contribution is 2.18. The number of para-hydroxylation sites is 2. The highest BCUT2D eigenvalue weighted by molar-refractivity contribution is 5.76. The van der Waals surface area contributed by atoms with Crippen molar-refractivity contribution in [2.45, 2.75) is 19.9 Å². The van der Waals surface area contributed by atoms with Gasteiger partial charge < -0.3 is 4.84 Å². The molecule has 106 valence electrons. The SMILES string of the molecule is CCn1c(=O)n(N2NC=C(C(F)F)O2)c2ccccc21. The van der Waals surface area contributed by atoms with Crippen molar-refractivity contribution in [2.75, 3.05) is 5.28 Å². The highest BCUT2D eigenvalue weighted by atomic mass is 19.3. The van der Waals surface area contributed by atoms with Crippen LogP contribution in [-0.2, 0) is 11.4 Å². The lowest BCUT2D eigenvalue weighted by molar-refractivity contribution is 0.0497. The van der Waals surface area contributed by atoms with Crippen LogP contribution in [0.5, 0.6) is 0 Å². The fourth-order valence-electron chi connectivity index (χ4n) is 2.15. The molecule has 2 heterocycles. The Hall–Kier alpha value is -2.51. The normalized spacial score (nSPS) is 14.6. The lowest BCUT2D eigenvalue weighted by Crippen LogP contribution is -2.45. The van der Waals surface area contributed by atoms with Gasteiger partial charge in [0.25, 0.3) is 6.43 Å². The van der Waals surface area contributed by atoms with Crippen LogP contribution < -0.4 is 16.4 Å². The summed E-state index contributed by atoms with van der Waals surface area (Å²) >= 11 is 0. The van der Waals surface area contributed by atoms with Gasteiger partial charge in [0.05, 0.1) is 17.2 Å². The van der Waals surface area contributed by atoms with Crippen LogP contribution in [0.1, 0.15) is 6.92 Å². The van der Waals surface area contributed by atoms with Gasteiger partial charge in [0, 0.05) is 6.54 Å². The van der Waals surface area contributed by atoms with E-state index < -0.39 is 12.2 Å². The molecule has 3 rings (SSSR count). The summed E-state index contributed by atoms with van der Waals surface area (Å²) in [5.41, 5.74) is 3.39. The van der Waals surface area contributed by atoms with E-state index in [0.29, 0.717) is 17.6 Å². The van der Waals surface area contributed by atoms with Gasteiger partial charge in [-0.05, 0) is 24.3 Å². The number of fused-ring (bicyclic) bond motifs is 1. The van der Waals surface area contributed by atoms with Gasteiger partial charge in [-0.1, -0.05) is 12.1 Å². The number of nitrogens with zero attached hydrogens (tertiary/aromatic N) is 3. The molecule has 0 atom stereocenters. The second-order valence-electron chi connectivity index (χ2n) is 4.17. The van der Waals surface area contributed by atoms with E-state index in [-0.39, 0.29) is 5.69 Å². The Bertz CT molecular complexity index is 735. The smallest absolute Gasteiger partial charge is 0.341 e. The Morgan fingerprint density at radius 3 is 2.60 bits per heavy atom. The Balaban J connectivity index is 2.10. The quantitative estimate of drug-likeness (QED) is 0.922. The Labute approximate surface area is 112 Å². The number of alkyl halides is 2. The fraction of sp³-hybridized carbons (Fsp3) is 0.250. The van der Waals surface area contributed by atoms with Crippen molar-refractivity contribution in [1.82, 2.24) is 14.7 Å². The van der Waals surface area contributed by atoms with E-state index in [2.05, 4.69) is 5.43 Å². The predicted molar refractivity (Wildman–Crippen MR) is 68.4 cm³/mol. The van der Waals surface area contributed by atoms with E-state index in [9.17, 15) is 13.6 Å². The molecule has 0 amide bonds. The Morgan fingerprint density at radius 2 is 2.00 bits per heavy atom. The summed E-state index contributed by atoms with van der Waals surface area (Å²) in [5.74, 6) is -0.537. The summed E-state index contributed by atoms with van der Waals surface area (Å²) in [6.07, 6.45) is -1.72. The van der Waals surface area contributed by atoms with Crippen molar-refractivity contribution in [3.05, 3.63) is 46.7 Å². The minimum Gasteiger partial charge on any atom is -0.341 e. The number of aryl methyl sites for hydroxylation is 1. The summed E-state index contributed by atoms with van der Waals surface area (Å²) < 4.78 is 27.8. The average Bonchev–Trinajstić information content (AvgIpc) is 3.00. The minimum atomic E-state index is -2.75. The van der Waals surface area contributed by atoms with E-state index >= 15 is 0 Å². The molecule has 0 saturated carbocycles. The highest BCUT2D eigenvalue weighted by Gasteiger charge is 2.27. The van der Waals surface area contributed by atoms with Gasteiger partial charge in [-0.15, -0.1) is 0 Å². The van der Waals surface area contributed by atoms with E-state index in [4.69, 9.17) is 4.84 Å². The van der Waals surface area contributed by atoms with Crippen LogP contribution in [0.15, 0.2) is 41.0 Å². The first-order chi connectivity index (χ1) is 9.63. The summed E-state index contributed by atoms with van der Waals surface area (Å²) in [4.78, 5) is 17.3. The van der Waals surface area contributed by atoms with Gasteiger partial charge in [0.1, 0.15) is 0 Å². The van der Waals surface area contributed by atoms with Crippen LogP contribution in [0.4, 0.5) is 8.78 Å². The number of hydrogen-bond acceptors (Lipinski definition) is 4. The number of nitrogens with one attached hydrogen (secondary N) is 1. The standard InChI is InChI=1S/C12H12F2N4O2/c1-2-16-8-5-3-4-6-9(8)17(12(16)19)18-15-7-10(20-18)11(13)14/h3-7,11,15H,2H2,1H3. The van der Waals surface area contributed by atoms with E-state index in [1.165, 1.54) is 9.24 Å². The molecule has 0 radical (unpaired) electrons. The van der Waals surface area contributed by atoms with E-state index in [0.717, 1.165) is 11.5 Å². The average molecular weight is 282 g/mol. The molecule has 8 heteroatoms. The van der Waals surface area contributed by atoms with E-state index in [1.807, 2.05) is 6.92 Å². The van der Waals surface area contributed by atoms with Crippen LogP contribution in [0.2, 0.25) is 0 Å². The molecule has 0 spiro atoms. The molecule has 0 fully saturated rings. The van der Waals surface area contributed by atoms with Crippen LogP contribution in [-0.4, -0.2) is 15.7 Å². The number of allylic oxidation sites excluding steroid dienone is 1. The molecule has 1 aromatic carbocycles. The lowest BCUT2D eigenvalue weighted by Gasteiger charge is -2.17. The van der Waals surface area contributed by atoms with Gasteiger partial charge >= 0.3 is 5.69 Å². The third-order valence-corrected chi connectivity index (χ3v) is 3.03. The first kappa shape index (κ1) is 12.5. The molecule has 0 aliphatic carbocycles. The topological polar surface area (TPSA) is 51.4 Å². The molecular formula is C12H12F2N4O2. The van der Waals surface area contributed by atoms with Crippen LogP contribution in [0.25, 0.3) is 11.0 Å². The van der Waals surface area contributed by atoms with Crippen molar-refractivity contribution in [3.63, 3.8) is 0 Å². The maximum atomic E-state index is 12.6. The van der Waals surface area contributed by atoms with Gasteiger partial charge in [-0.3, -0.25) is 9.99 Å². The number of imidazole rings is 1. The number of aromatic nitrogens is 2. The molecule has 1 aliphatic heterocycles. The molecule has 1 aliphatic rings. The monoisotopic (exact) mass is 282 g/mol. The fourth-order valence-corrected chi connectivity index (χ4v) is 2.15. The second-order valence-corrected chi connectivity index (χ2v) is 4.17. The third kappa shape index (κ3) is 1.72. The maximum Gasteiger partial charge on any atom is 0.352 e.